The van der Waals surface area contributed by atoms with Crippen molar-refractivity contribution in [2.75, 3.05) is 12.3 Å². The zero-order chi connectivity index (χ0) is 21.2. The van der Waals surface area contributed by atoms with Crippen molar-refractivity contribution in [2.45, 2.75) is 75.9 Å². The Labute approximate surface area is 168 Å². The molecule has 168 valence electrons. The third-order valence-corrected chi connectivity index (χ3v) is 8.67. The average Bonchev–Trinajstić information content (AvgIpc) is 2.84. The van der Waals surface area contributed by atoms with Crippen LogP contribution in [0.3, 0.4) is 0 Å². The van der Waals surface area contributed by atoms with Crippen LogP contribution in [-0.2, 0) is 29.1 Å². The molecule has 5 fully saturated rings. The maximum atomic E-state index is 12.6. The summed E-state index contributed by atoms with van der Waals surface area (Å²) < 4.78 is 72.7. The van der Waals surface area contributed by atoms with Gasteiger partial charge in [-0.1, -0.05) is 13.8 Å². The van der Waals surface area contributed by atoms with Crippen molar-refractivity contribution in [3.63, 3.8) is 0 Å². The molecule has 5 aliphatic rings. The first-order valence-electron chi connectivity index (χ1n) is 10.1. The van der Waals surface area contributed by atoms with Gasteiger partial charge in [0, 0.05) is 24.8 Å². The lowest BCUT2D eigenvalue weighted by molar-refractivity contribution is -0.571. The number of fused-ring (bicyclic) bond motifs is 2. The van der Waals surface area contributed by atoms with Crippen molar-refractivity contribution < 1.29 is 40.8 Å². The Balaban J connectivity index is 1.53. The summed E-state index contributed by atoms with van der Waals surface area (Å²) in [6.45, 7) is 5.56. The predicted octanol–water partition coefficient (Wildman–Crippen LogP) is 2.72. The van der Waals surface area contributed by atoms with Gasteiger partial charge in [0.25, 0.3) is 0 Å². The van der Waals surface area contributed by atoms with Crippen molar-refractivity contribution in [3.8, 4) is 0 Å². The highest BCUT2D eigenvalue weighted by Gasteiger charge is 2.69. The van der Waals surface area contributed by atoms with Crippen LogP contribution in [0.4, 0.5) is 13.2 Å². The van der Waals surface area contributed by atoms with Gasteiger partial charge in [-0.15, -0.1) is 0 Å². The number of ether oxygens (including phenoxy) is 2. The Morgan fingerprint density at radius 3 is 2.52 bits per heavy atom. The molecule has 4 saturated heterocycles. The average molecular weight is 443 g/mol. The van der Waals surface area contributed by atoms with E-state index in [-0.39, 0.29) is 24.3 Å². The van der Waals surface area contributed by atoms with Crippen LogP contribution in [-0.4, -0.2) is 50.1 Å². The second-order valence-corrected chi connectivity index (χ2v) is 11.1. The summed E-state index contributed by atoms with van der Waals surface area (Å²) >= 11 is 0. The lowest BCUT2D eigenvalue weighted by Gasteiger charge is -2.60. The van der Waals surface area contributed by atoms with E-state index in [1.54, 1.807) is 6.92 Å². The number of rotatable bonds is 4. The Morgan fingerprint density at radius 2 is 1.83 bits per heavy atom. The molecule has 4 heterocycles. The van der Waals surface area contributed by atoms with Gasteiger partial charge in [-0.05, 0) is 38.0 Å². The minimum absolute atomic E-state index is 0.0156. The summed E-state index contributed by atoms with van der Waals surface area (Å²) in [6.07, 6.45) is 2.02. The summed E-state index contributed by atoms with van der Waals surface area (Å²) in [5, 5.41) is 2.86. The van der Waals surface area contributed by atoms with Crippen molar-refractivity contribution in [1.29, 1.82) is 0 Å². The van der Waals surface area contributed by atoms with E-state index in [9.17, 15) is 21.6 Å². The molecule has 0 aromatic rings. The van der Waals surface area contributed by atoms with E-state index in [2.05, 4.69) is 12.2 Å². The van der Waals surface area contributed by atoms with Gasteiger partial charge in [-0.25, -0.2) is 18.2 Å². The molecular formula is C18H28F3NO6S. The fraction of sp³-hybridized carbons (Fsp3) is 1.00. The van der Waals surface area contributed by atoms with Crippen LogP contribution in [0.2, 0.25) is 0 Å². The van der Waals surface area contributed by atoms with Gasteiger partial charge in [0.05, 0.1) is 5.75 Å². The van der Waals surface area contributed by atoms with E-state index < -0.39 is 45.0 Å². The molecule has 0 unspecified atom stereocenters. The number of halogens is 3. The molecule has 1 aliphatic carbocycles. The molecule has 1 saturated carbocycles. The van der Waals surface area contributed by atoms with E-state index >= 15 is 0 Å². The highest BCUT2D eigenvalue weighted by Crippen LogP contribution is 2.60. The first-order chi connectivity index (χ1) is 13.4. The molecule has 7 nitrogen and oxygen atoms in total. The van der Waals surface area contributed by atoms with Gasteiger partial charge in [-0.2, -0.15) is 13.2 Å². The van der Waals surface area contributed by atoms with Gasteiger partial charge in [0.15, 0.2) is 11.9 Å². The van der Waals surface area contributed by atoms with Crippen LogP contribution in [0.5, 0.6) is 0 Å². The molecule has 1 spiro atoms. The maximum absolute atomic E-state index is 12.6. The number of alkyl halides is 3. The van der Waals surface area contributed by atoms with Gasteiger partial charge < -0.3 is 9.47 Å². The van der Waals surface area contributed by atoms with Crippen LogP contribution in [0, 0.1) is 23.7 Å². The largest absolute Gasteiger partial charge is 0.497 e. The second kappa shape index (κ2) is 7.03. The molecule has 0 aromatic carbocycles. The first-order valence-corrected chi connectivity index (χ1v) is 11.8. The minimum Gasteiger partial charge on any atom is -0.331 e. The molecule has 0 aromatic heterocycles. The fourth-order valence-electron chi connectivity index (χ4n) is 5.59. The van der Waals surface area contributed by atoms with Crippen molar-refractivity contribution in [3.05, 3.63) is 0 Å². The van der Waals surface area contributed by atoms with Gasteiger partial charge >= 0.3 is 5.51 Å². The molecule has 0 radical (unpaired) electrons. The zero-order valence-electron chi connectivity index (χ0n) is 16.7. The highest BCUT2D eigenvalue weighted by molar-refractivity contribution is 7.92. The van der Waals surface area contributed by atoms with Crippen molar-refractivity contribution in [2.24, 2.45) is 23.7 Å². The van der Waals surface area contributed by atoms with E-state index in [0.717, 1.165) is 19.3 Å². The summed E-state index contributed by atoms with van der Waals surface area (Å²) in [6, 6.07) is 0. The lowest BCUT2D eigenvalue weighted by Crippen LogP contribution is -2.71. The van der Waals surface area contributed by atoms with E-state index in [4.69, 9.17) is 19.2 Å². The number of nitrogens with one attached hydrogen (secondary N) is 1. The highest BCUT2D eigenvalue weighted by atomic mass is 32.2. The maximum Gasteiger partial charge on any atom is 0.497 e. The predicted molar refractivity (Wildman–Crippen MR) is 94.7 cm³/mol. The van der Waals surface area contributed by atoms with Crippen molar-refractivity contribution >= 4 is 9.84 Å². The van der Waals surface area contributed by atoms with Crippen LogP contribution in [0.25, 0.3) is 0 Å². The van der Waals surface area contributed by atoms with Crippen LogP contribution < -0.4 is 5.32 Å². The van der Waals surface area contributed by atoms with E-state index in [1.165, 1.54) is 0 Å². The Kier molecular flexibility index (Phi) is 5.27. The molecule has 29 heavy (non-hydrogen) atoms. The van der Waals surface area contributed by atoms with Gasteiger partial charge in [0.2, 0.25) is 15.6 Å². The molecular weight excluding hydrogens is 415 g/mol. The van der Waals surface area contributed by atoms with Crippen molar-refractivity contribution in [1.82, 2.24) is 5.32 Å². The van der Waals surface area contributed by atoms with E-state index in [1.807, 2.05) is 6.92 Å². The second-order valence-electron chi connectivity index (χ2n) is 9.04. The third kappa shape index (κ3) is 3.41. The molecule has 11 heteroatoms. The normalized spacial score (nSPS) is 47.5. The SMILES string of the molecule is C[C@H]1[C@H](NCCS(=O)(=O)C(F)(F)F)O[C@@H]2O[C@@]3(C)CC[C@H]4[C@H](C)CC[C@@H]1[C@@]24OO3. The quantitative estimate of drug-likeness (QED) is 0.669. The van der Waals surface area contributed by atoms with Crippen LogP contribution in [0.15, 0.2) is 0 Å². The van der Waals surface area contributed by atoms with Gasteiger partial charge in [-0.3, -0.25) is 5.32 Å². The Hall–Kier alpha value is -0.460. The zero-order valence-corrected chi connectivity index (χ0v) is 17.5. The Bertz CT molecular complexity index is 748. The van der Waals surface area contributed by atoms with Gasteiger partial charge in [0.1, 0.15) is 6.23 Å². The molecule has 8 atom stereocenters. The van der Waals surface area contributed by atoms with Crippen LogP contribution in [0.1, 0.15) is 46.5 Å². The summed E-state index contributed by atoms with van der Waals surface area (Å²) in [4.78, 5) is 11.7. The monoisotopic (exact) mass is 443 g/mol. The first kappa shape index (κ1) is 21.8. The number of hydrogen-bond donors (Lipinski definition) is 1. The summed E-state index contributed by atoms with van der Waals surface area (Å²) in [7, 11) is -5.18. The standard InChI is InChI=1S/C18H28F3NO6S/c1-10-4-5-13-11(2)14(22-8-9-29(23,24)18(19,20)21)25-15-17(13)12(10)6-7-16(3,26-15)27-28-17/h10-15,22H,4-9H2,1-3H3/t10-,11-,12+,13+,14-,15-,16-,17-/m1/s1. The summed E-state index contributed by atoms with van der Waals surface area (Å²) in [5.41, 5.74) is -6.02. The smallest absolute Gasteiger partial charge is 0.331 e. The number of sulfone groups is 1. The molecule has 5 rings (SSSR count). The molecule has 4 aliphatic heterocycles. The minimum atomic E-state index is -5.26. The summed E-state index contributed by atoms with van der Waals surface area (Å²) in [5.74, 6) is -1.50. The van der Waals surface area contributed by atoms with E-state index in [0.29, 0.717) is 12.3 Å². The fourth-order valence-corrected chi connectivity index (χ4v) is 6.21. The van der Waals surface area contributed by atoms with Crippen LogP contribution >= 0.6 is 0 Å². The molecule has 0 amide bonds. The Morgan fingerprint density at radius 1 is 1.10 bits per heavy atom. The third-order valence-electron chi connectivity index (χ3n) is 7.23. The topological polar surface area (TPSA) is 83.1 Å². The molecule has 2 bridgehead atoms. The molecule has 1 N–H and O–H groups in total. The number of hydrogen-bond acceptors (Lipinski definition) is 7. The lowest BCUT2D eigenvalue weighted by atomic mass is 9.58.